The minimum Gasteiger partial charge on any atom is -0.379 e. The Morgan fingerprint density at radius 2 is 1.60 bits per heavy atom. The van der Waals surface area contributed by atoms with Gasteiger partial charge in [0.05, 0.1) is 11.7 Å². The molecule has 1 rings (SSSR count). The SMILES string of the molecule is COC(C(N)Cc1ccc(C(F)(F)F)cc1)C(C)(C)C. The molecule has 0 amide bonds. The molecular weight excluding hydrogens is 267 g/mol. The first kappa shape index (κ1) is 17.0. The van der Waals surface area contributed by atoms with Crippen molar-refractivity contribution in [3.05, 3.63) is 35.4 Å². The Morgan fingerprint density at radius 3 is 1.95 bits per heavy atom. The summed E-state index contributed by atoms with van der Waals surface area (Å²) in [7, 11) is 1.60. The molecular formula is C15H22F3NO. The highest BCUT2D eigenvalue weighted by molar-refractivity contribution is 5.25. The Labute approximate surface area is 118 Å². The fraction of sp³-hybridized carbons (Fsp3) is 0.600. The van der Waals surface area contributed by atoms with E-state index in [0.29, 0.717) is 6.42 Å². The van der Waals surface area contributed by atoms with Gasteiger partial charge in [-0.05, 0) is 29.5 Å². The molecule has 0 bridgehead atoms. The lowest BCUT2D eigenvalue weighted by atomic mass is 9.83. The highest BCUT2D eigenvalue weighted by Gasteiger charge is 2.31. The van der Waals surface area contributed by atoms with Gasteiger partial charge in [-0.25, -0.2) is 0 Å². The van der Waals surface area contributed by atoms with E-state index in [2.05, 4.69) is 0 Å². The first-order valence-corrected chi connectivity index (χ1v) is 6.50. The molecule has 2 N–H and O–H groups in total. The summed E-state index contributed by atoms with van der Waals surface area (Å²) in [6.45, 7) is 6.06. The number of hydrogen-bond acceptors (Lipinski definition) is 2. The standard InChI is InChI=1S/C15H22F3NO/c1-14(2,3)13(20-4)12(19)9-10-5-7-11(8-6-10)15(16,17)18/h5-8,12-13H,9,19H2,1-4H3. The van der Waals surface area contributed by atoms with Gasteiger partial charge in [0, 0.05) is 13.2 Å². The van der Waals surface area contributed by atoms with Gasteiger partial charge in [-0.1, -0.05) is 32.9 Å². The second kappa shape index (κ2) is 6.14. The Kier molecular flexibility index (Phi) is 5.21. The van der Waals surface area contributed by atoms with Crippen LogP contribution in [0.1, 0.15) is 31.9 Å². The molecule has 0 heterocycles. The second-order valence-corrected chi connectivity index (χ2v) is 6.08. The molecule has 0 saturated carbocycles. The molecule has 114 valence electrons. The number of hydrogen-bond donors (Lipinski definition) is 1. The van der Waals surface area contributed by atoms with Crippen molar-refractivity contribution in [2.45, 2.75) is 45.5 Å². The van der Waals surface area contributed by atoms with E-state index in [1.54, 1.807) is 7.11 Å². The molecule has 2 nitrogen and oxygen atoms in total. The van der Waals surface area contributed by atoms with Crippen molar-refractivity contribution in [1.29, 1.82) is 0 Å². The van der Waals surface area contributed by atoms with E-state index < -0.39 is 11.7 Å². The smallest absolute Gasteiger partial charge is 0.379 e. The third-order valence-corrected chi connectivity index (χ3v) is 3.25. The lowest BCUT2D eigenvalue weighted by Gasteiger charge is -2.34. The number of rotatable bonds is 4. The molecule has 0 fully saturated rings. The first-order chi connectivity index (χ1) is 9.05. The third-order valence-electron chi connectivity index (χ3n) is 3.25. The number of halogens is 3. The predicted octanol–water partition coefficient (Wildman–Crippen LogP) is 3.64. The van der Waals surface area contributed by atoms with Gasteiger partial charge in [-0.3, -0.25) is 0 Å². The van der Waals surface area contributed by atoms with Crippen molar-refractivity contribution in [1.82, 2.24) is 0 Å². The maximum absolute atomic E-state index is 12.5. The van der Waals surface area contributed by atoms with Gasteiger partial charge in [0.25, 0.3) is 0 Å². The highest BCUT2D eigenvalue weighted by atomic mass is 19.4. The zero-order chi connectivity index (χ0) is 15.6. The molecule has 1 aromatic rings. The maximum atomic E-state index is 12.5. The van der Waals surface area contributed by atoms with Crippen LogP contribution < -0.4 is 5.73 Å². The Morgan fingerprint density at radius 1 is 1.10 bits per heavy atom. The third kappa shape index (κ3) is 4.49. The molecule has 0 saturated heterocycles. The van der Waals surface area contributed by atoms with E-state index in [-0.39, 0.29) is 17.6 Å². The van der Waals surface area contributed by atoms with E-state index in [0.717, 1.165) is 17.7 Å². The maximum Gasteiger partial charge on any atom is 0.416 e. The molecule has 0 aliphatic heterocycles. The summed E-state index contributed by atoms with van der Waals surface area (Å²) in [5.41, 5.74) is 6.13. The van der Waals surface area contributed by atoms with E-state index >= 15 is 0 Å². The summed E-state index contributed by atoms with van der Waals surface area (Å²) in [6, 6.07) is 4.84. The van der Waals surface area contributed by atoms with Gasteiger partial charge in [0.2, 0.25) is 0 Å². The van der Waals surface area contributed by atoms with Gasteiger partial charge in [0.15, 0.2) is 0 Å². The van der Waals surface area contributed by atoms with Crippen LogP contribution in [-0.4, -0.2) is 19.3 Å². The van der Waals surface area contributed by atoms with Crippen LogP contribution in [0.15, 0.2) is 24.3 Å². The topological polar surface area (TPSA) is 35.2 Å². The van der Waals surface area contributed by atoms with Crippen molar-refractivity contribution in [2.75, 3.05) is 7.11 Å². The van der Waals surface area contributed by atoms with Crippen molar-refractivity contribution in [2.24, 2.45) is 11.1 Å². The summed E-state index contributed by atoms with van der Waals surface area (Å²) in [5.74, 6) is 0. The zero-order valence-corrected chi connectivity index (χ0v) is 12.3. The van der Waals surface area contributed by atoms with Crippen molar-refractivity contribution in [3.63, 3.8) is 0 Å². The fourth-order valence-corrected chi connectivity index (χ4v) is 2.38. The van der Waals surface area contributed by atoms with Crippen LogP contribution >= 0.6 is 0 Å². The van der Waals surface area contributed by atoms with Gasteiger partial charge in [-0.2, -0.15) is 13.2 Å². The summed E-state index contributed by atoms with van der Waals surface area (Å²) < 4.78 is 42.9. The molecule has 0 aliphatic rings. The molecule has 0 aromatic heterocycles. The van der Waals surface area contributed by atoms with E-state index in [9.17, 15) is 13.2 Å². The molecule has 2 atom stereocenters. The normalized spacial score (nSPS) is 16.0. The molecule has 20 heavy (non-hydrogen) atoms. The number of benzene rings is 1. The minimum absolute atomic E-state index is 0.125. The minimum atomic E-state index is -4.30. The molecule has 0 spiro atoms. The molecule has 0 aliphatic carbocycles. The van der Waals surface area contributed by atoms with E-state index in [1.807, 2.05) is 20.8 Å². The van der Waals surface area contributed by atoms with E-state index in [4.69, 9.17) is 10.5 Å². The number of alkyl halides is 3. The predicted molar refractivity (Wildman–Crippen MR) is 73.4 cm³/mol. The average Bonchev–Trinajstić information content (AvgIpc) is 2.27. The summed E-state index contributed by atoms with van der Waals surface area (Å²) in [4.78, 5) is 0. The van der Waals surface area contributed by atoms with Crippen LogP contribution in [0.5, 0.6) is 0 Å². The van der Waals surface area contributed by atoms with Crippen LogP contribution in [0, 0.1) is 5.41 Å². The van der Waals surface area contributed by atoms with Crippen molar-refractivity contribution in [3.8, 4) is 0 Å². The Bertz CT molecular complexity index is 420. The van der Waals surface area contributed by atoms with Gasteiger partial charge < -0.3 is 10.5 Å². The average molecular weight is 289 g/mol. The summed E-state index contributed by atoms with van der Waals surface area (Å²) >= 11 is 0. The van der Waals surface area contributed by atoms with Gasteiger partial charge in [0.1, 0.15) is 0 Å². The Hall–Kier alpha value is -1.07. The van der Waals surface area contributed by atoms with Crippen LogP contribution in [0.3, 0.4) is 0 Å². The Balaban J connectivity index is 2.78. The first-order valence-electron chi connectivity index (χ1n) is 6.50. The molecule has 2 unspecified atom stereocenters. The monoisotopic (exact) mass is 289 g/mol. The van der Waals surface area contributed by atoms with Gasteiger partial charge in [-0.15, -0.1) is 0 Å². The van der Waals surface area contributed by atoms with Crippen molar-refractivity contribution >= 4 is 0 Å². The van der Waals surface area contributed by atoms with E-state index in [1.165, 1.54) is 12.1 Å². The summed E-state index contributed by atoms with van der Waals surface area (Å²) in [5, 5.41) is 0. The lowest BCUT2D eigenvalue weighted by Crippen LogP contribution is -2.46. The molecule has 5 heteroatoms. The van der Waals surface area contributed by atoms with Crippen LogP contribution in [0.25, 0.3) is 0 Å². The number of methoxy groups -OCH3 is 1. The summed E-state index contributed by atoms with van der Waals surface area (Å²) in [6.07, 6.45) is -3.99. The van der Waals surface area contributed by atoms with Gasteiger partial charge >= 0.3 is 6.18 Å². The quantitative estimate of drug-likeness (QED) is 0.918. The fourth-order valence-electron chi connectivity index (χ4n) is 2.38. The number of ether oxygens (including phenoxy) is 1. The largest absolute Gasteiger partial charge is 0.416 e. The van der Waals surface area contributed by atoms with Crippen LogP contribution in [-0.2, 0) is 17.3 Å². The van der Waals surface area contributed by atoms with Crippen LogP contribution in [0.2, 0.25) is 0 Å². The lowest BCUT2D eigenvalue weighted by molar-refractivity contribution is -0.137. The highest BCUT2D eigenvalue weighted by Crippen LogP contribution is 2.30. The molecule has 0 radical (unpaired) electrons. The second-order valence-electron chi connectivity index (χ2n) is 6.08. The molecule has 1 aromatic carbocycles. The zero-order valence-electron chi connectivity index (χ0n) is 12.3. The van der Waals surface area contributed by atoms with Crippen molar-refractivity contribution < 1.29 is 17.9 Å². The number of nitrogens with two attached hydrogens (primary N) is 1. The van der Waals surface area contributed by atoms with Crippen LogP contribution in [0.4, 0.5) is 13.2 Å².